The molecule has 188 valence electrons. The molecule has 6 nitrogen and oxygen atoms in total. The van der Waals surface area contributed by atoms with Crippen molar-refractivity contribution in [2.75, 3.05) is 26.2 Å². The number of hydrogen-bond donors (Lipinski definition) is 0. The quantitative estimate of drug-likeness (QED) is 0.322. The molecule has 0 radical (unpaired) electrons. The molecule has 0 atom stereocenters. The zero-order valence-electron chi connectivity index (χ0n) is 20.4. The van der Waals surface area contributed by atoms with Crippen molar-refractivity contribution < 1.29 is 26.4 Å². The predicted octanol–water partition coefficient (Wildman–Crippen LogP) is 0.485. The number of thiazole rings is 2. The molecule has 2 aromatic heterocycles. The van der Waals surface area contributed by atoms with Crippen LogP contribution in [0.5, 0.6) is 11.5 Å². The fourth-order valence-electron chi connectivity index (χ4n) is 4.11. The second-order valence-corrected chi connectivity index (χ2v) is 10.9. The highest BCUT2D eigenvalue weighted by Crippen LogP contribution is 2.46. The minimum absolute atomic E-state index is 0. The average Bonchev–Trinajstić information content (AvgIpc) is 3.54. The van der Waals surface area contributed by atoms with Crippen LogP contribution in [0.3, 0.4) is 0 Å². The molecule has 0 N–H and O–H groups in total. The van der Waals surface area contributed by atoms with Crippen molar-refractivity contribution in [3.8, 4) is 11.5 Å². The number of thioether (sulfide) groups is 1. The van der Waals surface area contributed by atoms with Gasteiger partial charge in [-0.1, -0.05) is 35.2 Å². The lowest BCUT2D eigenvalue weighted by atomic mass is 10.2. The standard InChI is InChI=1S/C26H26N3O3S3.ClH/c1-5-29-23(15-22-28(12-13-33-22)16-17-8-6-7-9-20(17)32-4)35-24(25(29)30)26-27(2)19-11-10-18(31-3)14-21(19)34-26;/h6-15H,5,16H2,1-4H3;1H/q+1;/p-1/b26-24+;. The van der Waals surface area contributed by atoms with Gasteiger partial charge in [0.25, 0.3) is 10.6 Å². The topological polar surface area (TPSA) is 47.6 Å². The maximum absolute atomic E-state index is 13.5. The Labute approximate surface area is 228 Å². The van der Waals surface area contributed by atoms with E-state index in [0.717, 1.165) is 46.9 Å². The van der Waals surface area contributed by atoms with Crippen LogP contribution in [-0.2, 0) is 13.1 Å². The van der Waals surface area contributed by atoms with E-state index in [2.05, 4.69) is 33.2 Å². The molecular weight excluding hydrogens is 534 g/mol. The first-order valence-corrected chi connectivity index (χ1v) is 13.7. The van der Waals surface area contributed by atoms with Gasteiger partial charge in [-0.15, -0.1) is 11.3 Å². The summed E-state index contributed by atoms with van der Waals surface area (Å²) in [5.74, 6) is 1.68. The minimum Gasteiger partial charge on any atom is -1.00 e. The maximum atomic E-state index is 13.5. The lowest BCUT2D eigenvalue weighted by Crippen LogP contribution is -3.00. The van der Waals surface area contributed by atoms with Crippen LogP contribution < -0.4 is 46.1 Å². The van der Waals surface area contributed by atoms with Gasteiger partial charge in [-0.2, -0.15) is 4.57 Å². The normalized spacial score (nSPS) is 14.6. The average molecular weight is 560 g/mol. The van der Waals surface area contributed by atoms with Crippen LogP contribution in [0.1, 0.15) is 17.5 Å². The number of aromatic nitrogens is 2. The van der Waals surface area contributed by atoms with E-state index in [4.69, 9.17) is 9.47 Å². The summed E-state index contributed by atoms with van der Waals surface area (Å²) in [4.78, 5) is 16.7. The molecule has 1 aliphatic rings. The number of halogens is 1. The number of hydrogen-bond acceptors (Lipinski definition) is 7. The minimum atomic E-state index is 0. The molecule has 3 heterocycles. The first kappa shape index (κ1) is 26.3. The van der Waals surface area contributed by atoms with Crippen LogP contribution in [0.25, 0.3) is 11.1 Å². The zero-order valence-corrected chi connectivity index (χ0v) is 23.6. The molecule has 2 aromatic carbocycles. The van der Waals surface area contributed by atoms with Gasteiger partial charge in [-0.05, 0) is 37.3 Å². The first-order chi connectivity index (χ1) is 17.0. The lowest BCUT2D eigenvalue weighted by molar-refractivity contribution is -0.685. The summed E-state index contributed by atoms with van der Waals surface area (Å²) in [7, 11) is 5.38. The molecule has 0 unspecified atom stereocenters. The van der Waals surface area contributed by atoms with E-state index in [-0.39, 0.29) is 18.0 Å². The van der Waals surface area contributed by atoms with Gasteiger partial charge in [0.15, 0.2) is 12.7 Å². The molecule has 0 spiro atoms. The number of ether oxygens (including phenoxy) is 2. The Balaban J connectivity index is 0.00000304. The van der Waals surface area contributed by atoms with Gasteiger partial charge >= 0.3 is 0 Å². The summed E-state index contributed by atoms with van der Waals surface area (Å²) in [5, 5.41) is 4.11. The van der Waals surface area contributed by atoms with Gasteiger partial charge < -0.3 is 26.8 Å². The van der Waals surface area contributed by atoms with E-state index in [0.29, 0.717) is 13.1 Å². The first-order valence-electron chi connectivity index (χ1n) is 11.2. The molecular formula is C26H26ClN3O3S3. The molecule has 0 amide bonds. The highest BCUT2D eigenvalue weighted by Gasteiger charge is 2.25. The number of fused-ring (bicyclic) bond motifs is 1. The summed E-state index contributed by atoms with van der Waals surface area (Å²) >= 11 is 4.83. The van der Waals surface area contributed by atoms with Crippen LogP contribution in [0.4, 0.5) is 5.69 Å². The summed E-state index contributed by atoms with van der Waals surface area (Å²) in [6.07, 6.45) is 4.20. The Hall–Kier alpha value is -2.72. The predicted molar refractivity (Wildman–Crippen MR) is 144 cm³/mol. The summed E-state index contributed by atoms with van der Waals surface area (Å²) in [5.41, 5.74) is 2.24. The number of benzene rings is 2. The second kappa shape index (κ2) is 11.1. The molecule has 36 heavy (non-hydrogen) atoms. The Morgan fingerprint density at radius 3 is 2.67 bits per heavy atom. The van der Waals surface area contributed by atoms with Crippen molar-refractivity contribution >= 4 is 51.2 Å². The zero-order chi connectivity index (χ0) is 24.5. The Morgan fingerprint density at radius 1 is 1.11 bits per heavy atom. The molecule has 10 heteroatoms. The number of anilines is 1. The third kappa shape index (κ3) is 4.80. The molecule has 0 aliphatic carbocycles. The van der Waals surface area contributed by atoms with E-state index >= 15 is 0 Å². The van der Waals surface area contributed by atoms with Crippen molar-refractivity contribution in [3.63, 3.8) is 0 Å². The SMILES string of the molecule is CCn1c(=O)/c(=C2\Sc3cc(OC)ccc3N2C)s/c1=C\c1scc[n+]1Cc1ccccc1OC.[Cl-]. The van der Waals surface area contributed by atoms with E-state index in [1.807, 2.05) is 54.9 Å². The molecule has 4 aromatic rings. The molecule has 0 fully saturated rings. The Kier molecular flexibility index (Phi) is 8.14. The monoisotopic (exact) mass is 559 g/mol. The fourth-order valence-corrected chi connectivity index (χ4v) is 7.46. The highest BCUT2D eigenvalue weighted by atomic mass is 35.5. The number of para-hydroxylation sites is 1. The van der Waals surface area contributed by atoms with Crippen molar-refractivity contribution in [1.82, 2.24) is 4.57 Å². The molecule has 0 saturated heterocycles. The van der Waals surface area contributed by atoms with Crippen molar-refractivity contribution in [2.24, 2.45) is 0 Å². The van der Waals surface area contributed by atoms with E-state index in [1.54, 1.807) is 48.7 Å². The lowest BCUT2D eigenvalue weighted by Gasteiger charge is -2.12. The highest BCUT2D eigenvalue weighted by molar-refractivity contribution is 8.08. The van der Waals surface area contributed by atoms with E-state index in [9.17, 15) is 4.79 Å². The van der Waals surface area contributed by atoms with Crippen molar-refractivity contribution in [2.45, 2.75) is 24.9 Å². The molecule has 5 rings (SSSR count). The van der Waals surface area contributed by atoms with Gasteiger partial charge in [0, 0.05) is 18.5 Å². The maximum Gasteiger partial charge on any atom is 0.271 e. The van der Waals surface area contributed by atoms with Crippen LogP contribution in [-0.4, -0.2) is 25.8 Å². The summed E-state index contributed by atoms with van der Waals surface area (Å²) < 4.78 is 16.7. The van der Waals surface area contributed by atoms with Gasteiger partial charge in [0.05, 0.1) is 36.9 Å². The largest absolute Gasteiger partial charge is 1.00 e. The van der Waals surface area contributed by atoms with Crippen molar-refractivity contribution in [3.05, 3.63) is 84.2 Å². The number of rotatable bonds is 6. The van der Waals surface area contributed by atoms with Gasteiger partial charge in [0.1, 0.15) is 25.7 Å². The Bertz CT molecular complexity index is 1570. The fraction of sp³-hybridized carbons (Fsp3) is 0.231. The van der Waals surface area contributed by atoms with Crippen molar-refractivity contribution in [1.29, 1.82) is 0 Å². The van der Waals surface area contributed by atoms with Crippen LogP contribution in [0.2, 0.25) is 0 Å². The number of methoxy groups -OCH3 is 2. The third-order valence-corrected chi connectivity index (χ3v) is 9.27. The number of nitrogens with zero attached hydrogens (tertiary/aromatic N) is 3. The van der Waals surface area contributed by atoms with Gasteiger partial charge in [-0.3, -0.25) is 9.36 Å². The van der Waals surface area contributed by atoms with E-state index < -0.39 is 0 Å². The third-order valence-electron chi connectivity index (χ3n) is 5.95. The van der Waals surface area contributed by atoms with Crippen LogP contribution in [0, 0.1) is 0 Å². The summed E-state index contributed by atoms with van der Waals surface area (Å²) in [6.45, 7) is 3.32. The van der Waals surface area contributed by atoms with Crippen LogP contribution >= 0.6 is 34.4 Å². The van der Waals surface area contributed by atoms with E-state index in [1.165, 1.54) is 0 Å². The Morgan fingerprint density at radius 2 is 1.92 bits per heavy atom. The molecule has 0 bridgehead atoms. The molecule has 0 saturated carbocycles. The van der Waals surface area contributed by atoms with Gasteiger partial charge in [0.2, 0.25) is 0 Å². The molecule has 1 aliphatic heterocycles. The van der Waals surface area contributed by atoms with Gasteiger partial charge in [-0.25, -0.2) is 0 Å². The smallest absolute Gasteiger partial charge is 0.271 e. The van der Waals surface area contributed by atoms with Crippen LogP contribution in [0.15, 0.2) is 63.7 Å². The second-order valence-electron chi connectivity index (χ2n) is 7.94. The summed E-state index contributed by atoms with van der Waals surface area (Å²) in [6, 6.07) is 14.1.